The number of nitrogens with zero attached hydrogens (tertiary/aromatic N) is 1. The molecule has 21 heavy (non-hydrogen) atoms. The Hall–Kier alpha value is -2.07. The van der Waals surface area contributed by atoms with Gasteiger partial charge in [0.2, 0.25) is 0 Å². The van der Waals surface area contributed by atoms with Crippen molar-refractivity contribution >= 4 is 18.3 Å². The topological polar surface area (TPSA) is 51.2 Å². The molecule has 0 atom stereocenters. The number of hydrogen-bond donors (Lipinski definition) is 1. The highest BCUT2D eigenvalue weighted by atomic mass is 35.5. The van der Waals surface area contributed by atoms with Gasteiger partial charge in [-0.15, -0.1) is 12.4 Å². The molecule has 1 aromatic heterocycles. The lowest BCUT2D eigenvalue weighted by Gasteiger charge is -2.10. The third kappa shape index (κ3) is 5.44. The number of ether oxygens (including phenoxy) is 1. The lowest BCUT2D eigenvalue weighted by atomic mass is 10.2. The van der Waals surface area contributed by atoms with Crippen molar-refractivity contribution in [2.45, 2.75) is 26.5 Å². The molecule has 0 saturated carbocycles. The van der Waals surface area contributed by atoms with Gasteiger partial charge in [0.25, 0.3) is 5.91 Å². The Morgan fingerprint density at radius 1 is 1.14 bits per heavy atom. The molecule has 1 heterocycles. The van der Waals surface area contributed by atoms with Crippen molar-refractivity contribution in [1.29, 1.82) is 0 Å². The highest BCUT2D eigenvalue weighted by molar-refractivity contribution is 5.93. The Kier molecular flexibility index (Phi) is 6.69. The van der Waals surface area contributed by atoms with Crippen LogP contribution in [0.2, 0.25) is 0 Å². The van der Waals surface area contributed by atoms with E-state index in [1.54, 1.807) is 24.5 Å². The first-order valence-corrected chi connectivity index (χ1v) is 6.59. The van der Waals surface area contributed by atoms with Crippen molar-refractivity contribution in [2.75, 3.05) is 0 Å². The average Bonchev–Trinajstić information content (AvgIpc) is 2.46. The van der Waals surface area contributed by atoms with Crippen LogP contribution in [0.25, 0.3) is 0 Å². The Morgan fingerprint density at radius 2 is 1.76 bits per heavy atom. The summed E-state index contributed by atoms with van der Waals surface area (Å²) in [6.45, 7) is 4.47. The maximum Gasteiger partial charge on any atom is 0.251 e. The van der Waals surface area contributed by atoms with E-state index in [-0.39, 0.29) is 24.4 Å². The van der Waals surface area contributed by atoms with Crippen LogP contribution in [0.15, 0.2) is 48.8 Å². The standard InChI is InChI=1S/C16H18N2O2.ClH/c1-12(2)20-15-5-3-13(4-6-15)11-18-16(19)14-7-9-17-10-8-14;/h3-10,12H,11H2,1-2H3,(H,18,19);1H. The predicted molar refractivity (Wildman–Crippen MR) is 84.9 cm³/mol. The summed E-state index contributed by atoms with van der Waals surface area (Å²) in [5.74, 6) is 0.735. The lowest BCUT2D eigenvalue weighted by Crippen LogP contribution is -2.22. The summed E-state index contributed by atoms with van der Waals surface area (Å²) >= 11 is 0. The summed E-state index contributed by atoms with van der Waals surface area (Å²) in [6.07, 6.45) is 3.37. The second-order valence-electron chi connectivity index (χ2n) is 4.73. The molecule has 0 aliphatic carbocycles. The Morgan fingerprint density at radius 3 is 2.33 bits per heavy atom. The van der Waals surface area contributed by atoms with Gasteiger partial charge in [-0.3, -0.25) is 9.78 Å². The van der Waals surface area contributed by atoms with E-state index in [1.165, 1.54) is 0 Å². The number of pyridine rings is 1. The van der Waals surface area contributed by atoms with Crippen LogP contribution in [0, 0.1) is 0 Å². The zero-order valence-electron chi connectivity index (χ0n) is 12.1. The summed E-state index contributed by atoms with van der Waals surface area (Å²) in [5, 5.41) is 2.87. The Bertz CT molecular complexity index is 556. The van der Waals surface area contributed by atoms with Crippen molar-refractivity contribution in [3.8, 4) is 5.75 Å². The molecular weight excluding hydrogens is 288 g/mol. The molecule has 0 aliphatic heterocycles. The second kappa shape index (κ2) is 8.27. The second-order valence-corrected chi connectivity index (χ2v) is 4.73. The molecule has 0 spiro atoms. The number of benzene rings is 1. The van der Waals surface area contributed by atoms with Gasteiger partial charge < -0.3 is 10.1 Å². The molecular formula is C16H19ClN2O2. The van der Waals surface area contributed by atoms with Crippen molar-refractivity contribution in [2.24, 2.45) is 0 Å². The Labute approximate surface area is 131 Å². The largest absolute Gasteiger partial charge is 0.491 e. The molecule has 2 aromatic rings. The average molecular weight is 307 g/mol. The van der Waals surface area contributed by atoms with E-state index in [0.29, 0.717) is 12.1 Å². The molecule has 0 unspecified atom stereocenters. The normalized spacial score (nSPS) is 9.86. The van der Waals surface area contributed by atoms with Gasteiger partial charge in [-0.2, -0.15) is 0 Å². The quantitative estimate of drug-likeness (QED) is 0.922. The summed E-state index contributed by atoms with van der Waals surface area (Å²) in [6, 6.07) is 11.1. The van der Waals surface area contributed by atoms with Crippen LogP contribution in [0.5, 0.6) is 5.75 Å². The molecule has 1 N–H and O–H groups in total. The third-order valence-electron chi connectivity index (χ3n) is 2.69. The molecule has 0 radical (unpaired) electrons. The fourth-order valence-corrected chi connectivity index (χ4v) is 1.75. The van der Waals surface area contributed by atoms with Crippen LogP contribution in [0.1, 0.15) is 29.8 Å². The summed E-state index contributed by atoms with van der Waals surface area (Å²) in [4.78, 5) is 15.8. The number of halogens is 1. The first-order chi connectivity index (χ1) is 9.65. The van der Waals surface area contributed by atoms with Crippen molar-refractivity contribution in [3.63, 3.8) is 0 Å². The van der Waals surface area contributed by atoms with Gasteiger partial charge in [-0.05, 0) is 43.7 Å². The number of rotatable bonds is 5. The van der Waals surface area contributed by atoms with E-state index < -0.39 is 0 Å². The molecule has 4 nitrogen and oxygen atoms in total. The zero-order chi connectivity index (χ0) is 14.4. The van der Waals surface area contributed by atoms with Gasteiger partial charge in [-0.1, -0.05) is 12.1 Å². The highest BCUT2D eigenvalue weighted by Gasteiger charge is 2.04. The van der Waals surface area contributed by atoms with E-state index in [2.05, 4.69) is 10.3 Å². The van der Waals surface area contributed by atoms with Crippen LogP contribution in [-0.2, 0) is 6.54 Å². The number of amides is 1. The molecule has 5 heteroatoms. The van der Waals surface area contributed by atoms with Gasteiger partial charge in [0.15, 0.2) is 0 Å². The molecule has 1 aromatic carbocycles. The zero-order valence-corrected chi connectivity index (χ0v) is 12.9. The summed E-state index contributed by atoms with van der Waals surface area (Å²) in [7, 11) is 0. The van der Waals surface area contributed by atoms with Crippen molar-refractivity contribution < 1.29 is 9.53 Å². The number of hydrogen-bond acceptors (Lipinski definition) is 3. The predicted octanol–water partition coefficient (Wildman–Crippen LogP) is 3.22. The minimum absolute atomic E-state index is 0. The molecule has 0 aliphatic rings. The summed E-state index contributed by atoms with van der Waals surface area (Å²) in [5.41, 5.74) is 1.64. The van der Waals surface area contributed by atoms with E-state index in [0.717, 1.165) is 11.3 Å². The highest BCUT2D eigenvalue weighted by Crippen LogP contribution is 2.13. The number of aromatic nitrogens is 1. The van der Waals surface area contributed by atoms with Crippen LogP contribution >= 0.6 is 12.4 Å². The van der Waals surface area contributed by atoms with E-state index >= 15 is 0 Å². The van der Waals surface area contributed by atoms with E-state index in [4.69, 9.17) is 4.74 Å². The van der Waals surface area contributed by atoms with Gasteiger partial charge in [0.05, 0.1) is 6.10 Å². The minimum atomic E-state index is -0.102. The van der Waals surface area contributed by atoms with Gasteiger partial charge in [-0.25, -0.2) is 0 Å². The molecule has 1 amide bonds. The number of carbonyl (C=O) groups excluding carboxylic acids is 1. The van der Waals surface area contributed by atoms with Crippen LogP contribution in [0.3, 0.4) is 0 Å². The number of carbonyl (C=O) groups is 1. The van der Waals surface area contributed by atoms with Crippen LogP contribution in [0.4, 0.5) is 0 Å². The molecule has 0 saturated heterocycles. The van der Waals surface area contributed by atoms with Gasteiger partial charge >= 0.3 is 0 Å². The van der Waals surface area contributed by atoms with Gasteiger partial charge in [0, 0.05) is 24.5 Å². The Balaban J connectivity index is 0.00000220. The first-order valence-electron chi connectivity index (χ1n) is 6.59. The number of nitrogens with one attached hydrogen (secondary N) is 1. The summed E-state index contributed by atoms with van der Waals surface area (Å²) < 4.78 is 5.57. The molecule has 112 valence electrons. The maximum atomic E-state index is 11.9. The third-order valence-corrected chi connectivity index (χ3v) is 2.69. The molecule has 0 bridgehead atoms. The van der Waals surface area contributed by atoms with Crippen molar-refractivity contribution in [1.82, 2.24) is 10.3 Å². The van der Waals surface area contributed by atoms with E-state index in [1.807, 2.05) is 38.1 Å². The maximum absolute atomic E-state index is 11.9. The van der Waals surface area contributed by atoms with Crippen LogP contribution < -0.4 is 10.1 Å². The fraction of sp³-hybridized carbons (Fsp3) is 0.250. The molecule has 0 fully saturated rings. The van der Waals surface area contributed by atoms with Crippen LogP contribution in [-0.4, -0.2) is 17.0 Å². The van der Waals surface area contributed by atoms with Gasteiger partial charge in [0.1, 0.15) is 5.75 Å². The first kappa shape index (κ1) is 17.0. The van der Waals surface area contributed by atoms with E-state index in [9.17, 15) is 4.79 Å². The smallest absolute Gasteiger partial charge is 0.251 e. The fourth-order valence-electron chi connectivity index (χ4n) is 1.75. The SMILES string of the molecule is CC(C)Oc1ccc(CNC(=O)c2ccncc2)cc1.Cl. The monoisotopic (exact) mass is 306 g/mol. The van der Waals surface area contributed by atoms with Crippen molar-refractivity contribution in [3.05, 3.63) is 59.9 Å². The lowest BCUT2D eigenvalue weighted by molar-refractivity contribution is 0.0951. The molecule has 2 rings (SSSR count). The minimum Gasteiger partial charge on any atom is -0.491 e.